The monoisotopic (exact) mass is 476 g/mol. The lowest BCUT2D eigenvalue weighted by Crippen LogP contribution is -2.49. The van der Waals surface area contributed by atoms with Crippen LogP contribution in [0.1, 0.15) is 46.9 Å². The summed E-state index contributed by atoms with van der Waals surface area (Å²) in [5, 5.41) is 7.09. The first-order valence-corrected chi connectivity index (χ1v) is 11.9. The zero-order chi connectivity index (χ0) is 22.7. The molecular formula is C26H22Cl2N4O. The number of carbonyl (C=O) groups is 1. The van der Waals surface area contributed by atoms with Crippen LogP contribution in [0.2, 0.25) is 10.0 Å². The number of carbonyl (C=O) groups excluding carboxylic acids is 1. The van der Waals surface area contributed by atoms with Crippen molar-refractivity contribution in [3.05, 3.63) is 81.6 Å². The maximum atomic E-state index is 13.8. The van der Waals surface area contributed by atoms with E-state index in [1.54, 1.807) is 12.3 Å². The molecule has 5 nitrogen and oxygen atoms in total. The average molecular weight is 477 g/mol. The topological polar surface area (TPSA) is 51.0 Å². The molecule has 2 aromatic heterocycles. The zero-order valence-electron chi connectivity index (χ0n) is 18.1. The van der Waals surface area contributed by atoms with Crippen molar-refractivity contribution in [2.75, 3.05) is 0 Å². The minimum Gasteiger partial charge on any atom is -0.327 e. The van der Waals surface area contributed by atoms with Crippen LogP contribution < -0.4 is 0 Å². The molecule has 2 unspecified atom stereocenters. The maximum Gasteiger partial charge on any atom is 0.254 e. The summed E-state index contributed by atoms with van der Waals surface area (Å²) in [6.07, 6.45) is 5.54. The van der Waals surface area contributed by atoms with Gasteiger partial charge in [-0.15, -0.1) is 0 Å². The molecule has 1 amide bonds. The molecule has 0 saturated carbocycles. The third-order valence-electron chi connectivity index (χ3n) is 6.90. The largest absolute Gasteiger partial charge is 0.327 e. The van der Waals surface area contributed by atoms with Crippen LogP contribution in [-0.2, 0) is 13.5 Å². The normalized spacial score (nSPS) is 19.5. The van der Waals surface area contributed by atoms with E-state index in [0.29, 0.717) is 15.6 Å². The van der Waals surface area contributed by atoms with Gasteiger partial charge in [0, 0.05) is 51.4 Å². The number of piperidine rings is 1. The Labute approximate surface area is 201 Å². The fraction of sp³-hybridized carbons (Fsp3) is 0.269. The van der Waals surface area contributed by atoms with E-state index in [1.165, 1.54) is 5.56 Å². The highest BCUT2D eigenvalue weighted by Crippen LogP contribution is 2.45. The summed E-state index contributed by atoms with van der Waals surface area (Å²) in [6.45, 7) is 0. The number of rotatable bonds is 2. The molecule has 2 aliphatic rings. The van der Waals surface area contributed by atoms with E-state index >= 15 is 0 Å². The Bertz CT molecular complexity index is 1390. The fourth-order valence-electron chi connectivity index (χ4n) is 5.56. The van der Waals surface area contributed by atoms with Crippen molar-refractivity contribution < 1.29 is 4.79 Å². The summed E-state index contributed by atoms with van der Waals surface area (Å²) in [4.78, 5) is 20.2. The van der Waals surface area contributed by atoms with Crippen LogP contribution in [0, 0.1) is 0 Å². The second-order valence-corrected chi connectivity index (χ2v) is 9.79. The minimum absolute atomic E-state index is 0.0285. The van der Waals surface area contributed by atoms with Crippen molar-refractivity contribution in [2.24, 2.45) is 7.05 Å². The van der Waals surface area contributed by atoms with Crippen molar-refractivity contribution in [3.63, 3.8) is 0 Å². The summed E-state index contributed by atoms with van der Waals surface area (Å²) >= 11 is 12.6. The lowest BCUT2D eigenvalue weighted by atomic mass is 9.81. The van der Waals surface area contributed by atoms with E-state index in [1.807, 2.05) is 54.2 Å². The van der Waals surface area contributed by atoms with Crippen molar-refractivity contribution in [1.82, 2.24) is 19.7 Å². The van der Waals surface area contributed by atoms with E-state index in [9.17, 15) is 4.79 Å². The average Bonchev–Trinajstić information content (AvgIpc) is 3.13. The predicted octanol–water partition coefficient (Wildman–Crippen LogP) is 6.23. The molecule has 33 heavy (non-hydrogen) atoms. The number of aromatic nitrogens is 3. The number of halogens is 2. The van der Waals surface area contributed by atoms with Crippen LogP contribution in [0.5, 0.6) is 0 Å². The Kier molecular flexibility index (Phi) is 4.93. The third kappa shape index (κ3) is 3.42. The van der Waals surface area contributed by atoms with Crippen LogP contribution in [0.4, 0.5) is 0 Å². The molecular weight excluding hydrogens is 455 g/mol. The first-order chi connectivity index (χ1) is 16.0. The summed E-state index contributed by atoms with van der Waals surface area (Å²) in [5.41, 5.74) is 5.80. The van der Waals surface area contributed by atoms with Crippen LogP contribution >= 0.6 is 23.2 Å². The van der Waals surface area contributed by atoms with Gasteiger partial charge < -0.3 is 4.90 Å². The van der Waals surface area contributed by atoms with Gasteiger partial charge in [0.2, 0.25) is 0 Å². The van der Waals surface area contributed by atoms with Gasteiger partial charge in [0.25, 0.3) is 5.91 Å². The molecule has 4 heterocycles. The fourth-order valence-corrected chi connectivity index (χ4v) is 6.08. The number of amides is 1. The van der Waals surface area contributed by atoms with E-state index in [-0.39, 0.29) is 18.0 Å². The third-order valence-corrected chi connectivity index (χ3v) is 7.33. The van der Waals surface area contributed by atoms with Gasteiger partial charge in [0.1, 0.15) is 0 Å². The second-order valence-electron chi connectivity index (χ2n) is 8.92. The quantitative estimate of drug-likeness (QED) is 0.344. The highest BCUT2D eigenvalue weighted by Gasteiger charge is 2.43. The zero-order valence-corrected chi connectivity index (χ0v) is 19.6. The predicted molar refractivity (Wildman–Crippen MR) is 131 cm³/mol. The van der Waals surface area contributed by atoms with Crippen molar-refractivity contribution in [1.29, 1.82) is 0 Å². The maximum absolute atomic E-state index is 13.8. The summed E-state index contributed by atoms with van der Waals surface area (Å²) < 4.78 is 1.91. The van der Waals surface area contributed by atoms with Crippen LogP contribution in [-0.4, -0.2) is 31.6 Å². The van der Waals surface area contributed by atoms with Crippen molar-refractivity contribution in [3.8, 4) is 11.3 Å². The number of nitrogens with zero attached hydrogens (tertiary/aromatic N) is 4. The SMILES string of the molecule is Cn1nc2c(c1-c1cc(Cl)cc(Cl)c1)CC1CCCC2N1C(=O)c1ccc2ncccc2c1. The van der Waals surface area contributed by atoms with Crippen molar-refractivity contribution >= 4 is 40.0 Å². The van der Waals surface area contributed by atoms with Crippen LogP contribution in [0.15, 0.2) is 54.7 Å². The molecule has 2 aliphatic heterocycles. The minimum atomic E-state index is -0.0285. The molecule has 2 aromatic carbocycles. The Morgan fingerprint density at radius 2 is 1.88 bits per heavy atom. The highest BCUT2D eigenvalue weighted by molar-refractivity contribution is 6.35. The molecule has 2 atom stereocenters. The van der Waals surface area contributed by atoms with Gasteiger partial charge in [-0.25, -0.2) is 0 Å². The molecule has 2 bridgehead atoms. The molecule has 0 N–H and O–H groups in total. The highest BCUT2D eigenvalue weighted by atomic mass is 35.5. The molecule has 6 rings (SSSR count). The lowest BCUT2D eigenvalue weighted by Gasteiger charge is -2.45. The van der Waals surface area contributed by atoms with E-state index < -0.39 is 0 Å². The first-order valence-electron chi connectivity index (χ1n) is 11.2. The summed E-state index contributed by atoms with van der Waals surface area (Å²) in [5.74, 6) is 0.0686. The molecule has 0 aliphatic carbocycles. The summed E-state index contributed by atoms with van der Waals surface area (Å²) in [7, 11) is 1.95. The van der Waals surface area contributed by atoms with Gasteiger partial charge in [-0.2, -0.15) is 5.10 Å². The number of fused-ring (bicyclic) bond motifs is 5. The van der Waals surface area contributed by atoms with Gasteiger partial charge in [0.05, 0.1) is 22.9 Å². The van der Waals surface area contributed by atoms with Gasteiger partial charge in [-0.3, -0.25) is 14.5 Å². The van der Waals surface area contributed by atoms with Gasteiger partial charge in [-0.05, 0) is 68.1 Å². The van der Waals surface area contributed by atoms with Crippen LogP contribution in [0.25, 0.3) is 22.2 Å². The molecule has 4 aromatic rings. The Morgan fingerprint density at radius 3 is 2.70 bits per heavy atom. The van der Waals surface area contributed by atoms with Gasteiger partial charge in [-0.1, -0.05) is 29.3 Å². The standard InChI is InChI=1S/C26H22Cl2N4O/c1-31-25(17-11-18(27)13-19(28)12-17)21-14-20-5-2-6-23(24(21)30-31)32(20)26(33)16-7-8-22-15(10-16)4-3-9-29-22/h3-4,7-13,20,23H,2,5-6,14H2,1H3. The molecule has 1 saturated heterocycles. The van der Waals surface area contributed by atoms with Gasteiger partial charge in [0.15, 0.2) is 0 Å². The Balaban J connectivity index is 1.42. The molecule has 166 valence electrons. The number of hydrogen-bond donors (Lipinski definition) is 0. The molecule has 0 spiro atoms. The van der Waals surface area contributed by atoms with E-state index in [2.05, 4.69) is 9.88 Å². The van der Waals surface area contributed by atoms with E-state index in [0.717, 1.165) is 53.5 Å². The summed E-state index contributed by atoms with van der Waals surface area (Å²) in [6, 6.07) is 15.4. The Morgan fingerprint density at radius 1 is 1.06 bits per heavy atom. The van der Waals surface area contributed by atoms with E-state index in [4.69, 9.17) is 28.3 Å². The molecule has 1 fully saturated rings. The van der Waals surface area contributed by atoms with Crippen molar-refractivity contribution in [2.45, 2.75) is 37.8 Å². The van der Waals surface area contributed by atoms with Gasteiger partial charge >= 0.3 is 0 Å². The number of hydrogen-bond acceptors (Lipinski definition) is 3. The van der Waals surface area contributed by atoms with Crippen LogP contribution in [0.3, 0.4) is 0 Å². The number of benzene rings is 2. The first kappa shape index (κ1) is 20.7. The smallest absolute Gasteiger partial charge is 0.254 e. The number of pyridine rings is 1. The molecule has 7 heteroatoms. The second kappa shape index (κ2) is 7.86. The number of aryl methyl sites for hydroxylation is 1. The molecule has 0 radical (unpaired) electrons. The lowest BCUT2D eigenvalue weighted by molar-refractivity contribution is 0.0392. The Hall–Kier alpha value is -2.89.